The number of rotatable bonds is 8. The van der Waals surface area contributed by atoms with E-state index >= 15 is 0 Å². The largest absolute Gasteiger partial charge is 0.492 e. The van der Waals surface area contributed by atoms with Crippen molar-refractivity contribution in [3.05, 3.63) is 29.3 Å². The maximum Gasteiger partial charge on any atom is 0.321 e. The number of ether oxygens (including phenoxy) is 1. The van der Waals surface area contributed by atoms with Crippen molar-refractivity contribution in [2.45, 2.75) is 27.7 Å². The van der Waals surface area contributed by atoms with Crippen molar-refractivity contribution >= 4 is 11.9 Å². The minimum absolute atomic E-state index is 0.144. The minimum atomic E-state index is -0.450. The van der Waals surface area contributed by atoms with E-state index in [-0.39, 0.29) is 12.5 Å². The molecule has 0 aliphatic heterocycles. The van der Waals surface area contributed by atoms with Crippen LogP contribution in [0.5, 0.6) is 5.75 Å². The lowest BCUT2D eigenvalue weighted by Gasteiger charge is -2.17. The third kappa shape index (κ3) is 8.53. The third-order valence-electron chi connectivity index (χ3n) is 3.27. The Bertz CT molecular complexity index is 538. The van der Waals surface area contributed by atoms with Gasteiger partial charge in [-0.2, -0.15) is 0 Å². The summed E-state index contributed by atoms with van der Waals surface area (Å²) in [4.78, 5) is 25.1. The van der Waals surface area contributed by atoms with Crippen molar-refractivity contribution in [3.8, 4) is 5.75 Å². The fraction of sp³-hybridized carbons (Fsp3) is 0.556. The highest BCUT2D eigenvalue weighted by Crippen LogP contribution is 2.15. The number of hydrogen-bond acceptors (Lipinski definition) is 4. The Morgan fingerprint density at radius 1 is 1.17 bits per heavy atom. The Morgan fingerprint density at radius 3 is 2.38 bits per heavy atom. The molecule has 0 fully saturated rings. The van der Waals surface area contributed by atoms with E-state index in [2.05, 4.69) is 16.7 Å². The fourth-order valence-corrected chi connectivity index (χ4v) is 2.17. The fourth-order valence-electron chi connectivity index (χ4n) is 2.17. The molecule has 2 N–H and O–H groups in total. The standard InChI is InChI=1S/C18H29N3O3/c1-13(2)11-19-18(23)20-17(22)12-21(5)6-7-24-16-9-14(3)8-15(4)10-16/h8-10,13H,6-7,11-12H2,1-5H3,(H2,19,20,22,23). The molecule has 134 valence electrons. The highest BCUT2D eigenvalue weighted by Gasteiger charge is 2.10. The van der Waals surface area contributed by atoms with Crippen molar-refractivity contribution < 1.29 is 14.3 Å². The average Bonchev–Trinajstić information content (AvgIpc) is 2.43. The molecule has 0 saturated carbocycles. The first-order valence-corrected chi connectivity index (χ1v) is 8.23. The van der Waals surface area contributed by atoms with Crippen LogP contribution in [-0.4, -0.2) is 50.1 Å². The maximum atomic E-state index is 11.8. The zero-order chi connectivity index (χ0) is 18.1. The summed E-state index contributed by atoms with van der Waals surface area (Å²) in [6.07, 6.45) is 0. The zero-order valence-corrected chi connectivity index (χ0v) is 15.3. The normalized spacial score (nSPS) is 10.8. The molecule has 1 aromatic carbocycles. The van der Waals surface area contributed by atoms with Gasteiger partial charge >= 0.3 is 6.03 Å². The average molecular weight is 335 g/mol. The summed E-state index contributed by atoms with van der Waals surface area (Å²) < 4.78 is 5.71. The van der Waals surface area contributed by atoms with Gasteiger partial charge in [0.25, 0.3) is 0 Å². The SMILES string of the molecule is Cc1cc(C)cc(OCCN(C)CC(=O)NC(=O)NCC(C)C)c1. The molecular weight excluding hydrogens is 306 g/mol. The lowest BCUT2D eigenvalue weighted by molar-refractivity contribution is -0.120. The molecule has 0 aromatic heterocycles. The molecule has 0 heterocycles. The number of amides is 3. The predicted octanol–water partition coefficient (Wildman–Crippen LogP) is 2.10. The summed E-state index contributed by atoms with van der Waals surface area (Å²) in [7, 11) is 1.82. The summed E-state index contributed by atoms with van der Waals surface area (Å²) in [5.41, 5.74) is 2.32. The van der Waals surface area contributed by atoms with Gasteiger partial charge in [0.05, 0.1) is 6.54 Å². The number of carbonyl (C=O) groups is 2. The van der Waals surface area contributed by atoms with Gasteiger partial charge in [0, 0.05) is 13.1 Å². The van der Waals surface area contributed by atoms with Crippen LogP contribution in [0.4, 0.5) is 4.79 Å². The Hall–Kier alpha value is -2.08. The van der Waals surface area contributed by atoms with E-state index in [4.69, 9.17) is 4.74 Å². The second-order valence-corrected chi connectivity index (χ2v) is 6.56. The summed E-state index contributed by atoms with van der Waals surface area (Å²) in [5, 5.41) is 4.97. The highest BCUT2D eigenvalue weighted by atomic mass is 16.5. The summed E-state index contributed by atoms with van der Waals surface area (Å²) >= 11 is 0. The lowest BCUT2D eigenvalue weighted by Crippen LogP contribution is -2.45. The van der Waals surface area contributed by atoms with Crippen molar-refractivity contribution in [2.24, 2.45) is 5.92 Å². The van der Waals surface area contributed by atoms with Gasteiger partial charge in [0.2, 0.25) is 5.91 Å². The summed E-state index contributed by atoms with van der Waals surface area (Å²) in [6.45, 7) is 9.79. The van der Waals surface area contributed by atoms with Crippen LogP contribution in [0.3, 0.4) is 0 Å². The van der Waals surface area contributed by atoms with Gasteiger partial charge in [0.15, 0.2) is 0 Å². The molecular formula is C18H29N3O3. The molecule has 0 atom stereocenters. The molecule has 0 aliphatic carbocycles. The smallest absolute Gasteiger partial charge is 0.321 e. The number of carbonyl (C=O) groups excluding carboxylic acids is 2. The van der Waals surface area contributed by atoms with E-state index in [1.807, 2.05) is 51.8 Å². The molecule has 6 heteroatoms. The summed E-state index contributed by atoms with van der Waals surface area (Å²) in [6, 6.07) is 5.61. The molecule has 1 aromatic rings. The van der Waals surface area contributed by atoms with Crippen LogP contribution >= 0.6 is 0 Å². The first-order valence-electron chi connectivity index (χ1n) is 8.23. The number of benzene rings is 1. The van der Waals surface area contributed by atoms with Crippen molar-refractivity contribution in [3.63, 3.8) is 0 Å². The molecule has 1 rings (SSSR count). The van der Waals surface area contributed by atoms with Crippen LogP contribution < -0.4 is 15.4 Å². The lowest BCUT2D eigenvalue weighted by atomic mass is 10.1. The second kappa shape index (κ2) is 9.93. The van der Waals surface area contributed by atoms with Crippen molar-refractivity contribution in [1.82, 2.24) is 15.5 Å². The topological polar surface area (TPSA) is 70.7 Å². The number of urea groups is 1. The number of nitrogens with zero attached hydrogens (tertiary/aromatic N) is 1. The zero-order valence-electron chi connectivity index (χ0n) is 15.3. The van der Waals surface area contributed by atoms with Crippen LogP contribution in [0.25, 0.3) is 0 Å². The minimum Gasteiger partial charge on any atom is -0.492 e. The van der Waals surface area contributed by atoms with E-state index < -0.39 is 6.03 Å². The number of nitrogens with one attached hydrogen (secondary N) is 2. The van der Waals surface area contributed by atoms with Crippen LogP contribution in [0.2, 0.25) is 0 Å². The van der Waals surface area contributed by atoms with E-state index in [1.54, 1.807) is 0 Å². The molecule has 0 aliphatic rings. The van der Waals surface area contributed by atoms with Gasteiger partial charge in [0.1, 0.15) is 12.4 Å². The Kier molecular flexibility index (Phi) is 8.26. The number of imide groups is 1. The molecule has 24 heavy (non-hydrogen) atoms. The van der Waals surface area contributed by atoms with Gasteiger partial charge < -0.3 is 10.1 Å². The van der Waals surface area contributed by atoms with Crippen molar-refractivity contribution in [1.29, 1.82) is 0 Å². The Morgan fingerprint density at radius 2 is 1.79 bits per heavy atom. The molecule has 0 unspecified atom stereocenters. The van der Waals surface area contributed by atoms with E-state index in [0.717, 1.165) is 16.9 Å². The first-order chi connectivity index (χ1) is 11.3. The Labute approximate surface area is 144 Å². The highest BCUT2D eigenvalue weighted by molar-refractivity contribution is 5.95. The quantitative estimate of drug-likeness (QED) is 0.763. The number of hydrogen-bond donors (Lipinski definition) is 2. The predicted molar refractivity (Wildman–Crippen MR) is 95.3 cm³/mol. The summed E-state index contributed by atoms with van der Waals surface area (Å²) in [5.74, 6) is 0.847. The van der Waals surface area contributed by atoms with Gasteiger partial charge in [-0.25, -0.2) is 4.79 Å². The van der Waals surface area contributed by atoms with E-state index in [1.165, 1.54) is 0 Å². The van der Waals surface area contributed by atoms with Crippen LogP contribution in [0, 0.1) is 19.8 Å². The van der Waals surface area contributed by atoms with Gasteiger partial charge in [-0.1, -0.05) is 19.9 Å². The van der Waals surface area contributed by atoms with E-state index in [0.29, 0.717) is 25.6 Å². The maximum absolute atomic E-state index is 11.8. The monoisotopic (exact) mass is 335 g/mol. The molecule has 0 radical (unpaired) electrons. The third-order valence-corrected chi connectivity index (χ3v) is 3.27. The molecule has 3 amide bonds. The van der Waals surface area contributed by atoms with Crippen molar-refractivity contribution in [2.75, 3.05) is 33.3 Å². The first kappa shape index (κ1) is 20.0. The number of aryl methyl sites for hydroxylation is 2. The Balaban J connectivity index is 2.26. The van der Waals surface area contributed by atoms with Crippen LogP contribution in [0.15, 0.2) is 18.2 Å². The molecule has 6 nitrogen and oxygen atoms in total. The second-order valence-electron chi connectivity index (χ2n) is 6.56. The number of likely N-dealkylation sites (N-methyl/N-ethyl adjacent to an activating group) is 1. The van der Waals surface area contributed by atoms with Gasteiger partial charge in [-0.15, -0.1) is 0 Å². The van der Waals surface area contributed by atoms with Crippen LogP contribution in [-0.2, 0) is 4.79 Å². The molecule has 0 bridgehead atoms. The van der Waals surface area contributed by atoms with Gasteiger partial charge in [-0.3, -0.25) is 15.0 Å². The van der Waals surface area contributed by atoms with E-state index in [9.17, 15) is 9.59 Å². The molecule has 0 saturated heterocycles. The van der Waals surface area contributed by atoms with Crippen LogP contribution in [0.1, 0.15) is 25.0 Å². The molecule has 0 spiro atoms. The van der Waals surface area contributed by atoms with Gasteiger partial charge in [-0.05, 0) is 50.1 Å².